The highest BCUT2D eigenvalue weighted by Gasteiger charge is 2.22. The van der Waals surface area contributed by atoms with Crippen LogP contribution in [0.15, 0.2) is 41.3 Å². The van der Waals surface area contributed by atoms with Crippen LogP contribution in [-0.4, -0.2) is 26.6 Å². The van der Waals surface area contributed by atoms with Crippen LogP contribution in [0, 0.1) is 13.8 Å². The van der Waals surface area contributed by atoms with E-state index in [0.29, 0.717) is 11.3 Å². The maximum Gasteiger partial charge on any atom is 0.307 e. The highest BCUT2D eigenvalue weighted by Crippen LogP contribution is 2.29. The number of para-hydroxylation sites is 1. The summed E-state index contributed by atoms with van der Waals surface area (Å²) in [6, 6.07) is 9.77. The van der Waals surface area contributed by atoms with E-state index in [1.54, 1.807) is 0 Å². The molecule has 0 fully saturated rings. The van der Waals surface area contributed by atoms with Crippen molar-refractivity contribution >= 4 is 21.7 Å². The van der Waals surface area contributed by atoms with E-state index < -0.39 is 16.0 Å². The maximum atomic E-state index is 12.8. The van der Waals surface area contributed by atoms with E-state index in [4.69, 9.17) is 9.84 Å². The minimum absolute atomic E-state index is 0.0913. The molecule has 7 heteroatoms. The summed E-state index contributed by atoms with van der Waals surface area (Å²) in [5.74, 6) is -0.880. The molecule has 0 aliphatic carbocycles. The molecule has 0 heterocycles. The third-order valence-corrected chi connectivity index (χ3v) is 4.96. The van der Waals surface area contributed by atoms with Crippen LogP contribution in [0.2, 0.25) is 0 Å². The lowest BCUT2D eigenvalue weighted by Gasteiger charge is -2.15. The van der Waals surface area contributed by atoms with E-state index in [1.807, 2.05) is 32.0 Å². The molecule has 0 unspecified atom stereocenters. The second kappa shape index (κ2) is 6.92. The number of ether oxygens (including phenoxy) is 1. The van der Waals surface area contributed by atoms with Crippen molar-refractivity contribution < 1.29 is 23.1 Å². The molecule has 0 aliphatic heterocycles. The normalized spacial score (nSPS) is 11.1. The summed E-state index contributed by atoms with van der Waals surface area (Å²) in [6.07, 6.45) is -0.268. The molecule has 0 radical (unpaired) electrons. The van der Waals surface area contributed by atoms with Gasteiger partial charge in [0.1, 0.15) is 10.6 Å². The Labute approximate surface area is 141 Å². The van der Waals surface area contributed by atoms with Crippen molar-refractivity contribution in [1.29, 1.82) is 0 Å². The summed E-state index contributed by atoms with van der Waals surface area (Å²) in [5, 5.41) is 8.90. The van der Waals surface area contributed by atoms with Crippen molar-refractivity contribution in [1.82, 2.24) is 0 Å². The van der Waals surface area contributed by atoms with E-state index in [2.05, 4.69) is 4.72 Å². The predicted octanol–water partition coefficient (Wildman–Crippen LogP) is 2.74. The van der Waals surface area contributed by atoms with Crippen molar-refractivity contribution in [3.63, 3.8) is 0 Å². The van der Waals surface area contributed by atoms with Crippen molar-refractivity contribution in [2.24, 2.45) is 0 Å². The molecule has 0 spiro atoms. The first-order chi connectivity index (χ1) is 11.2. The zero-order chi connectivity index (χ0) is 17.9. The molecule has 0 atom stereocenters. The second-order valence-corrected chi connectivity index (χ2v) is 7.08. The number of carboxylic acids is 1. The van der Waals surface area contributed by atoms with Crippen molar-refractivity contribution in [2.75, 3.05) is 11.8 Å². The van der Waals surface area contributed by atoms with E-state index in [-0.39, 0.29) is 17.1 Å². The smallest absolute Gasteiger partial charge is 0.307 e. The lowest BCUT2D eigenvalue weighted by atomic mass is 10.1. The Kier molecular flexibility index (Phi) is 5.14. The van der Waals surface area contributed by atoms with E-state index in [9.17, 15) is 13.2 Å². The van der Waals surface area contributed by atoms with Crippen LogP contribution in [0.5, 0.6) is 5.75 Å². The van der Waals surface area contributed by atoms with Gasteiger partial charge >= 0.3 is 5.97 Å². The first-order valence-electron chi connectivity index (χ1n) is 7.22. The number of aliphatic carboxylic acids is 1. The molecular formula is C17H19NO5S. The summed E-state index contributed by atoms with van der Waals surface area (Å²) in [5.41, 5.74) is 2.46. The summed E-state index contributed by atoms with van der Waals surface area (Å²) in [6.45, 7) is 3.62. The van der Waals surface area contributed by atoms with Crippen LogP contribution in [-0.2, 0) is 21.2 Å². The highest BCUT2D eigenvalue weighted by atomic mass is 32.2. The molecule has 2 rings (SSSR count). The molecule has 0 aromatic heterocycles. The molecule has 0 bridgehead atoms. The van der Waals surface area contributed by atoms with Gasteiger partial charge in [-0.15, -0.1) is 0 Å². The fourth-order valence-electron chi connectivity index (χ4n) is 2.38. The van der Waals surface area contributed by atoms with Gasteiger partial charge in [-0.1, -0.05) is 24.3 Å². The molecule has 2 aromatic rings. The molecule has 0 saturated heterocycles. The second-order valence-electron chi connectivity index (χ2n) is 5.43. The number of carbonyl (C=O) groups is 1. The first-order valence-corrected chi connectivity index (χ1v) is 8.70. The van der Waals surface area contributed by atoms with Crippen LogP contribution >= 0.6 is 0 Å². The number of aryl methyl sites for hydroxylation is 2. The van der Waals surface area contributed by atoms with Gasteiger partial charge in [0.05, 0.1) is 19.2 Å². The van der Waals surface area contributed by atoms with Gasteiger partial charge in [-0.05, 0) is 42.7 Å². The SMILES string of the molecule is COc1ccc(CC(=O)O)cc1S(=O)(=O)Nc1c(C)cccc1C. The largest absolute Gasteiger partial charge is 0.495 e. The Hall–Kier alpha value is -2.54. The zero-order valence-corrected chi connectivity index (χ0v) is 14.5. The fraction of sp³-hybridized carbons (Fsp3) is 0.235. The molecule has 0 amide bonds. The average Bonchev–Trinajstić information content (AvgIpc) is 2.50. The van der Waals surface area contributed by atoms with Crippen LogP contribution in [0.3, 0.4) is 0 Å². The Bertz CT molecular complexity index is 854. The van der Waals surface area contributed by atoms with Crippen molar-refractivity contribution in [2.45, 2.75) is 25.2 Å². The molecule has 2 aromatic carbocycles. The number of anilines is 1. The molecular weight excluding hydrogens is 330 g/mol. The van der Waals surface area contributed by atoms with Crippen LogP contribution < -0.4 is 9.46 Å². The van der Waals surface area contributed by atoms with Gasteiger partial charge < -0.3 is 9.84 Å². The van der Waals surface area contributed by atoms with Gasteiger partial charge in [0, 0.05) is 0 Å². The summed E-state index contributed by atoms with van der Waals surface area (Å²) in [7, 11) is -2.56. The third kappa shape index (κ3) is 3.86. The number of benzene rings is 2. The number of methoxy groups -OCH3 is 1. The average molecular weight is 349 g/mol. The minimum Gasteiger partial charge on any atom is -0.495 e. The van der Waals surface area contributed by atoms with Crippen molar-refractivity contribution in [3.8, 4) is 5.75 Å². The van der Waals surface area contributed by atoms with Gasteiger partial charge in [0.2, 0.25) is 0 Å². The van der Waals surface area contributed by atoms with Crippen molar-refractivity contribution in [3.05, 3.63) is 53.1 Å². The third-order valence-electron chi connectivity index (χ3n) is 3.59. The lowest BCUT2D eigenvalue weighted by Crippen LogP contribution is -2.16. The van der Waals surface area contributed by atoms with E-state index in [1.165, 1.54) is 25.3 Å². The van der Waals surface area contributed by atoms with Crippen LogP contribution in [0.1, 0.15) is 16.7 Å². The molecule has 128 valence electrons. The molecule has 2 N–H and O–H groups in total. The minimum atomic E-state index is -3.93. The van der Waals surface area contributed by atoms with Gasteiger partial charge in [-0.2, -0.15) is 0 Å². The lowest BCUT2D eigenvalue weighted by molar-refractivity contribution is -0.136. The molecule has 24 heavy (non-hydrogen) atoms. The maximum absolute atomic E-state index is 12.8. The van der Waals surface area contributed by atoms with Gasteiger partial charge in [-0.3, -0.25) is 9.52 Å². The van der Waals surface area contributed by atoms with Gasteiger partial charge in [-0.25, -0.2) is 8.42 Å². The number of hydrogen-bond donors (Lipinski definition) is 2. The predicted molar refractivity (Wildman–Crippen MR) is 91.1 cm³/mol. The number of rotatable bonds is 6. The number of carboxylic acid groups (broad SMARTS) is 1. The summed E-state index contributed by atoms with van der Waals surface area (Å²) in [4.78, 5) is 10.8. The quantitative estimate of drug-likeness (QED) is 0.836. The Morgan fingerprint density at radius 2 is 1.79 bits per heavy atom. The topological polar surface area (TPSA) is 92.7 Å². The summed E-state index contributed by atoms with van der Waals surface area (Å²) < 4.78 is 33.3. The Morgan fingerprint density at radius 1 is 1.17 bits per heavy atom. The number of sulfonamides is 1. The zero-order valence-electron chi connectivity index (χ0n) is 13.7. The van der Waals surface area contributed by atoms with Gasteiger partial charge in [0.15, 0.2) is 0 Å². The highest BCUT2D eigenvalue weighted by molar-refractivity contribution is 7.92. The van der Waals surface area contributed by atoms with E-state index >= 15 is 0 Å². The Morgan fingerprint density at radius 3 is 2.33 bits per heavy atom. The standard InChI is InChI=1S/C17H19NO5S/c1-11-5-4-6-12(2)17(11)18-24(21,22)15-9-13(10-16(19)20)7-8-14(15)23-3/h4-9,18H,10H2,1-3H3,(H,19,20). The van der Waals surface area contributed by atoms with Gasteiger partial charge in [0.25, 0.3) is 10.0 Å². The summed E-state index contributed by atoms with van der Waals surface area (Å²) >= 11 is 0. The molecule has 6 nitrogen and oxygen atoms in total. The fourth-order valence-corrected chi connectivity index (χ4v) is 3.80. The first kappa shape index (κ1) is 17.8. The number of nitrogens with one attached hydrogen (secondary N) is 1. The number of hydrogen-bond acceptors (Lipinski definition) is 4. The van der Waals surface area contributed by atoms with E-state index in [0.717, 1.165) is 11.1 Å². The Balaban J connectivity index is 2.50. The molecule has 0 saturated carbocycles. The van der Waals surface area contributed by atoms with Crippen LogP contribution in [0.25, 0.3) is 0 Å². The monoisotopic (exact) mass is 349 g/mol. The van der Waals surface area contributed by atoms with Crippen LogP contribution in [0.4, 0.5) is 5.69 Å². The molecule has 0 aliphatic rings.